The third kappa shape index (κ3) is 3.20. The molecular weight excluding hydrogens is 248 g/mol. The number of nitrogens with one attached hydrogen (secondary N) is 2. The normalized spacial score (nSPS) is 23.6. The number of piperidine rings is 1. The molecule has 1 aromatic heterocycles. The van der Waals surface area contributed by atoms with Crippen molar-refractivity contribution in [3.05, 3.63) is 48.4 Å². The highest BCUT2D eigenvalue weighted by molar-refractivity contribution is 5.32. The van der Waals surface area contributed by atoms with Crippen molar-refractivity contribution in [2.45, 2.75) is 38.4 Å². The number of imidazole rings is 1. The Morgan fingerprint density at radius 1 is 1.35 bits per heavy atom. The molecule has 106 valence electrons. The van der Waals surface area contributed by atoms with E-state index in [9.17, 15) is 0 Å². The summed E-state index contributed by atoms with van der Waals surface area (Å²) in [7, 11) is 0. The predicted octanol–water partition coefficient (Wildman–Crippen LogP) is 2.87. The summed E-state index contributed by atoms with van der Waals surface area (Å²) < 4.78 is 0. The molecule has 2 aromatic rings. The lowest BCUT2D eigenvalue weighted by atomic mass is 9.97. The van der Waals surface area contributed by atoms with E-state index in [0.717, 1.165) is 18.9 Å². The quantitative estimate of drug-likeness (QED) is 0.898. The standard InChI is InChI=1S/C16H22N4/c1-13-9-15(19-16-10-17-12-18-16)7-8-20(13)11-14-5-3-2-4-6-14/h2-6,10,12-13,15,19H,7-9,11H2,1H3,(H,17,18). The third-order valence-electron chi connectivity index (χ3n) is 4.10. The number of likely N-dealkylation sites (tertiary alicyclic amines) is 1. The van der Waals surface area contributed by atoms with Crippen molar-refractivity contribution >= 4 is 5.82 Å². The van der Waals surface area contributed by atoms with Crippen LogP contribution in [0.5, 0.6) is 0 Å². The molecule has 0 saturated carbocycles. The first-order valence-corrected chi connectivity index (χ1v) is 7.34. The summed E-state index contributed by atoms with van der Waals surface area (Å²) in [5.74, 6) is 1.03. The molecular formula is C16H22N4. The Morgan fingerprint density at radius 2 is 2.20 bits per heavy atom. The lowest BCUT2D eigenvalue weighted by Crippen LogP contribution is -2.44. The average molecular weight is 270 g/mol. The second-order valence-electron chi connectivity index (χ2n) is 5.64. The van der Waals surface area contributed by atoms with E-state index in [4.69, 9.17) is 0 Å². The SMILES string of the molecule is CC1CC(Nc2cnc[nH]2)CCN1Cc1ccccc1. The minimum absolute atomic E-state index is 0.539. The summed E-state index contributed by atoms with van der Waals surface area (Å²) in [6, 6.07) is 11.9. The van der Waals surface area contributed by atoms with Crippen molar-refractivity contribution in [2.24, 2.45) is 0 Å². The zero-order valence-corrected chi connectivity index (χ0v) is 11.9. The van der Waals surface area contributed by atoms with Crippen LogP contribution in [0.4, 0.5) is 5.82 Å². The molecule has 0 radical (unpaired) electrons. The number of anilines is 1. The topological polar surface area (TPSA) is 44.0 Å². The molecule has 0 amide bonds. The van der Waals surface area contributed by atoms with Gasteiger partial charge in [-0.15, -0.1) is 0 Å². The van der Waals surface area contributed by atoms with Crippen LogP contribution in [-0.2, 0) is 6.54 Å². The van der Waals surface area contributed by atoms with Gasteiger partial charge in [-0.2, -0.15) is 0 Å². The molecule has 2 unspecified atom stereocenters. The Balaban J connectivity index is 1.54. The van der Waals surface area contributed by atoms with Crippen LogP contribution in [-0.4, -0.2) is 33.5 Å². The maximum absolute atomic E-state index is 4.05. The van der Waals surface area contributed by atoms with Gasteiger partial charge in [0.05, 0.1) is 12.5 Å². The fourth-order valence-electron chi connectivity index (χ4n) is 2.96. The molecule has 0 spiro atoms. The van der Waals surface area contributed by atoms with Gasteiger partial charge >= 0.3 is 0 Å². The van der Waals surface area contributed by atoms with Crippen molar-refractivity contribution < 1.29 is 0 Å². The number of nitrogens with zero attached hydrogens (tertiary/aromatic N) is 2. The molecule has 20 heavy (non-hydrogen) atoms. The Kier molecular flexibility index (Phi) is 4.02. The van der Waals surface area contributed by atoms with Crippen molar-refractivity contribution in [1.29, 1.82) is 0 Å². The van der Waals surface area contributed by atoms with Crippen molar-refractivity contribution in [2.75, 3.05) is 11.9 Å². The molecule has 1 aliphatic rings. The summed E-state index contributed by atoms with van der Waals surface area (Å²) >= 11 is 0. The molecule has 0 bridgehead atoms. The fourth-order valence-corrected chi connectivity index (χ4v) is 2.96. The van der Waals surface area contributed by atoms with E-state index in [1.807, 2.05) is 6.20 Å². The number of hydrogen-bond acceptors (Lipinski definition) is 3. The largest absolute Gasteiger partial charge is 0.367 e. The van der Waals surface area contributed by atoms with Crippen molar-refractivity contribution in [3.63, 3.8) is 0 Å². The highest BCUT2D eigenvalue weighted by atomic mass is 15.2. The second-order valence-corrected chi connectivity index (χ2v) is 5.64. The lowest BCUT2D eigenvalue weighted by Gasteiger charge is -2.38. The zero-order chi connectivity index (χ0) is 13.8. The van der Waals surface area contributed by atoms with Gasteiger partial charge in [-0.3, -0.25) is 4.90 Å². The second kappa shape index (κ2) is 6.09. The summed E-state index contributed by atoms with van der Waals surface area (Å²) in [6.07, 6.45) is 5.92. The predicted molar refractivity (Wildman–Crippen MR) is 81.5 cm³/mol. The first-order chi connectivity index (χ1) is 9.81. The van der Waals surface area contributed by atoms with Crippen LogP contribution in [0.2, 0.25) is 0 Å². The Morgan fingerprint density at radius 3 is 2.90 bits per heavy atom. The first-order valence-electron chi connectivity index (χ1n) is 7.34. The zero-order valence-electron chi connectivity index (χ0n) is 11.9. The van der Waals surface area contributed by atoms with E-state index in [1.54, 1.807) is 6.33 Å². The number of rotatable bonds is 4. The van der Waals surface area contributed by atoms with Gasteiger partial charge in [-0.25, -0.2) is 4.98 Å². The first kappa shape index (κ1) is 13.2. The molecule has 4 nitrogen and oxygen atoms in total. The molecule has 1 fully saturated rings. The Labute approximate surface area is 120 Å². The number of aromatic amines is 1. The van der Waals surface area contributed by atoms with Gasteiger partial charge in [-0.1, -0.05) is 30.3 Å². The minimum atomic E-state index is 0.539. The smallest absolute Gasteiger partial charge is 0.123 e. The maximum atomic E-state index is 4.05. The van der Waals surface area contributed by atoms with E-state index in [0.29, 0.717) is 12.1 Å². The van der Waals surface area contributed by atoms with Gasteiger partial charge in [0.15, 0.2) is 0 Å². The van der Waals surface area contributed by atoms with Crippen LogP contribution in [0.3, 0.4) is 0 Å². The van der Waals surface area contributed by atoms with Gasteiger partial charge in [0, 0.05) is 25.2 Å². The van der Waals surface area contributed by atoms with Crippen LogP contribution >= 0.6 is 0 Å². The van der Waals surface area contributed by atoms with Crippen LogP contribution in [0.15, 0.2) is 42.9 Å². The molecule has 2 N–H and O–H groups in total. The highest BCUT2D eigenvalue weighted by Crippen LogP contribution is 2.22. The van der Waals surface area contributed by atoms with E-state index in [-0.39, 0.29) is 0 Å². The van der Waals surface area contributed by atoms with E-state index in [2.05, 4.69) is 57.4 Å². The van der Waals surface area contributed by atoms with Crippen LogP contribution in [0.25, 0.3) is 0 Å². The summed E-state index contributed by atoms with van der Waals surface area (Å²) in [4.78, 5) is 9.73. The van der Waals surface area contributed by atoms with Gasteiger partial charge < -0.3 is 10.3 Å². The third-order valence-corrected chi connectivity index (χ3v) is 4.10. The summed E-state index contributed by atoms with van der Waals surface area (Å²) in [6.45, 7) is 4.52. The molecule has 0 aliphatic carbocycles. The van der Waals surface area contributed by atoms with Gasteiger partial charge in [0.25, 0.3) is 0 Å². The van der Waals surface area contributed by atoms with E-state index >= 15 is 0 Å². The molecule has 2 heterocycles. The van der Waals surface area contributed by atoms with E-state index < -0.39 is 0 Å². The van der Waals surface area contributed by atoms with Gasteiger partial charge in [0.1, 0.15) is 5.82 Å². The Bertz CT molecular complexity index is 509. The van der Waals surface area contributed by atoms with Gasteiger partial charge in [-0.05, 0) is 25.3 Å². The molecule has 1 aliphatic heterocycles. The van der Waals surface area contributed by atoms with Crippen LogP contribution < -0.4 is 5.32 Å². The van der Waals surface area contributed by atoms with Crippen LogP contribution in [0, 0.1) is 0 Å². The summed E-state index contributed by atoms with van der Waals surface area (Å²) in [5.41, 5.74) is 1.40. The monoisotopic (exact) mass is 270 g/mol. The molecule has 1 saturated heterocycles. The maximum Gasteiger partial charge on any atom is 0.123 e. The number of H-pyrrole nitrogens is 1. The minimum Gasteiger partial charge on any atom is -0.367 e. The van der Waals surface area contributed by atoms with E-state index in [1.165, 1.54) is 18.4 Å². The van der Waals surface area contributed by atoms with Crippen LogP contribution in [0.1, 0.15) is 25.3 Å². The van der Waals surface area contributed by atoms with Crippen molar-refractivity contribution in [3.8, 4) is 0 Å². The number of benzene rings is 1. The molecule has 2 atom stereocenters. The molecule has 4 heteroatoms. The molecule has 3 rings (SSSR count). The highest BCUT2D eigenvalue weighted by Gasteiger charge is 2.25. The number of hydrogen-bond donors (Lipinski definition) is 2. The average Bonchev–Trinajstić information content (AvgIpc) is 2.96. The van der Waals surface area contributed by atoms with Crippen molar-refractivity contribution in [1.82, 2.24) is 14.9 Å². The van der Waals surface area contributed by atoms with Gasteiger partial charge in [0.2, 0.25) is 0 Å². The fraction of sp³-hybridized carbons (Fsp3) is 0.438. The summed E-state index contributed by atoms with van der Waals surface area (Å²) in [5, 5.41) is 3.53. The Hall–Kier alpha value is -1.81. The molecule has 1 aromatic carbocycles. The lowest BCUT2D eigenvalue weighted by molar-refractivity contribution is 0.144. The number of aromatic nitrogens is 2.